The zero-order valence-corrected chi connectivity index (χ0v) is 18.1. The summed E-state index contributed by atoms with van der Waals surface area (Å²) in [5, 5.41) is 0. The van der Waals surface area contributed by atoms with Crippen LogP contribution in [-0.4, -0.2) is 43.7 Å². The van der Waals surface area contributed by atoms with Gasteiger partial charge in [0.2, 0.25) is 0 Å². The van der Waals surface area contributed by atoms with E-state index in [0.29, 0.717) is 36.8 Å². The van der Waals surface area contributed by atoms with Crippen molar-refractivity contribution >= 4 is 5.91 Å². The van der Waals surface area contributed by atoms with Crippen molar-refractivity contribution in [2.45, 2.75) is 19.6 Å². The molecule has 3 aromatic rings. The summed E-state index contributed by atoms with van der Waals surface area (Å²) >= 11 is 0. The molecule has 0 fully saturated rings. The Labute approximate surface area is 182 Å². The van der Waals surface area contributed by atoms with E-state index in [1.807, 2.05) is 53.6 Å². The number of amides is 1. The minimum atomic E-state index is 0.0335. The third-order valence-electron chi connectivity index (χ3n) is 5.56. The van der Waals surface area contributed by atoms with Crippen LogP contribution in [0.3, 0.4) is 0 Å². The van der Waals surface area contributed by atoms with E-state index in [0.717, 1.165) is 34.4 Å². The van der Waals surface area contributed by atoms with Crippen LogP contribution in [0, 0.1) is 0 Å². The summed E-state index contributed by atoms with van der Waals surface area (Å²) in [7, 11) is 4.90. The first-order valence-electron chi connectivity index (χ1n) is 10.2. The summed E-state index contributed by atoms with van der Waals surface area (Å²) in [6, 6.07) is 15.5. The highest BCUT2D eigenvalue weighted by Gasteiger charge is 2.23. The molecule has 2 aromatic carbocycles. The van der Waals surface area contributed by atoms with Gasteiger partial charge in [0.05, 0.1) is 20.8 Å². The van der Waals surface area contributed by atoms with Crippen molar-refractivity contribution in [1.29, 1.82) is 0 Å². The Hall–Kier alpha value is -3.38. The molecule has 0 spiro atoms. The van der Waals surface area contributed by atoms with Crippen molar-refractivity contribution in [2.24, 2.45) is 0 Å². The van der Waals surface area contributed by atoms with E-state index in [4.69, 9.17) is 14.2 Å². The molecule has 31 heavy (non-hydrogen) atoms. The SMILES string of the molecule is COCc1ccc(C(=O)N2CCc3ncc(-c4ccc(OC)c(OC)c4)cc3C2)cc1. The van der Waals surface area contributed by atoms with Gasteiger partial charge in [0.15, 0.2) is 11.5 Å². The number of hydrogen-bond donors (Lipinski definition) is 0. The fourth-order valence-corrected chi connectivity index (χ4v) is 3.87. The van der Waals surface area contributed by atoms with Gasteiger partial charge in [-0.1, -0.05) is 18.2 Å². The van der Waals surface area contributed by atoms with E-state index >= 15 is 0 Å². The van der Waals surface area contributed by atoms with E-state index in [-0.39, 0.29) is 5.91 Å². The van der Waals surface area contributed by atoms with Gasteiger partial charge in [-0.25, -0.2) is 0 Å². The Morgan fingerprint density at radius 1 is 0.968 bits per heavy atom. The van der Waals surface area contributed by atoms with Crippen LogP contribution < -0.4 is 9.47 Å². The predicted octanol–water partition coefficient (Wildman–Crippen LogP) is 4.11. The maximum Gasteiger partial charge on any atom is 0.254 e. The quantitative estimate of drug-likeness (QED) is 0.603. The first kappa shape index (κ1) is 20.9. The molecule has 1 aliphatic heterocycles. The lowest BCUT2D eigenvalue weighted by Crippen LogP contribution is -2.36. The second kappa shape index (κ2) is 9.18. The lowest BCUT2D eigenvalue weighted by Gasteiger charge is -2.28. The normalized spacial score (nSPS) is 12.9. The maximum atomic E-state index is 13.0. The summed E-state index contributed by atoms with van der Waals surface area (Å²) in [6.07, 6.45) is 2.63. The lowest BCUT2D eigenvalue weighted by molar-refractivity contribution is 0.0733. The molecule has 1 aromatic heterocycles. The highest BCUT2D eigenvalue weighted by atomic mass is 16.5. The third kappa shape index (κ3) is 4.39. The van der Waals surface area contributed by atoms with Crippen LogP contribution in [0.1, 0.15) is 27.2 Å². The molecule has 6 nitrogen and oxygen atoms in total. The molecule has 0 saturated heterocycles. The van der Waals surface area contributed by atoms with Crippen LogP contribution in [0.2, 0.25) is 0 Å². The molecule has 2 heterocycles. The number of ether oxygens (including phenoxy) is 3. The van der Waals surface area contributed by atoms with Gasteiger partial charge in [-0.15, -0.1) is 0 Å². The number of carbonyl (C=O) groups is 1. The average Bonchev–Trinajstić information content (AvgIpc) is 2.83. The lowest BCUT2D eigenvalue weighted by atomic mass is 9.99. The fourth-order valence-electron chi connectivity index (χ4n) is 3.87. The van der Waals surface area contributed by atoms with Gasteiger partial charge in [-0.05, 0) is 47.0 Å². The average molecular weight is 418 g/mol. The zero-order chi connectivity index (χ0) is 21.8. The van der Waals surface area contributed by atoms with Crippen LogP contribution in [0.5, 0.6) is 11.5 Å². The van der Waals surface area contributed by atoms with E-state index in [2.05, 4.69) is 11.1 Å². The molecule has 0 N–H and O–H groups in total. The molecule has 0 radical (unpaired) electrons. The van der Waals surface area contributed by atoms with Gasteiger partial charge in [0, 0.05) is 49.6 Å². The monoisotopic (exact) mass is 418 g/mol. The molecule has 1 aliphatic rings. The second-order valence-corrected chi connectivity index (χ2v) is 7.51. The summed E-state index contributed by atoms with van der Waals surface area (Å²) in [4.78, 5) is 19.6. The number of rotatable bonds is 6. The van der Waals surface area contributed by atoms with Crippen LogP contribution >= 0.6 is 0 Å². The topological polar surface area (TPSA) is 60.9 Å². The fraction of sp³-hybridized carbons (Fsp3) is 0.280. The Kier molecular flexibility index (Phi) is 6.18. The van der Waals surface area contributed by atoms with Crippen molar-refractivity contribution in [3.63, 3.8) is 0 Å². The van der Waals surface area contributed by atoms with Crippen molar-refractivity contribution in [3.05, 3.63) is 77.1 Å². The van der Waals surface area contributed by atoms with Gasteiger partial charge >= 0.3 is 0 Å². The predicted molar refractivity (Wildman–Crippen MR) is 118 cm³/mol. The molecule has 6 heteroatoms. The van der Waals surface area contributed by atoms with E-state index in [1.54, 1.807) is 21.3 Å². The third-order valence-corrected chi connectivity index (χ3v) is 5.56. The summed E-state index contributed by atoms with van der Waals surface area (Å²) in [6.45, 7) is 1.74. The molecule has 0 aliphatic carbocycles. The molecule has 0 atom stereocenters. The number of fused-ring (bicyclic) bond motifs is 1. The molecular weight excluding hydrogens is 392 g/mol. The Bertz CT molecular complexity index is 1080. The highest BCUT2D eigenvalue weighted by molar-refractivity contribution is 5.94. The van der Waals surface area contributed by atoms with Crippen molar-refractivity contribution in [3.8, 4) is 22.6 Å². The largest absolute Gasteiger partial charge is 0.493 e. The number of nitrogens with zero attached hydrogens (tertiary/aromatic N) is 2. The molecule has 0 unspecified atom stereocenters. The zero-order valence-electron chi connectivity index (χ0n) is 18.1. The van der Waals surface area contributed by atoms with E-state index in [1.165, 1.54) is 0 Å². The van der Waals surface area contributed by atoms with Gasteiger partial charge in [-0.3, -0.25) is 9.78 Å². The highest BCUT2D eigenvalue weighted by Crippen LogP contribution is 2.33. The van der Waals surface area contributed by atoms with E-state index < -0.39 is 0 Å². The number of aromatic nitrogens is 1. The number of methoxy groups -OCH3 is 3. The van der Waals surface area contributed by atoms with Crippen molar-refractivity contribution in [1.82, 2.24) is 9.88 Å². The smallest absolute Gasteiger partial charge is 0.254 e. The maximum absolute atomic E-state index is 13.0. The number of carbonyl (C=O) groups excluding carboxylic acids is 1. The summed E-state index contributed by atoms with van der Waals surface area (Å²) in [5.74, 6) is 1.39. The Morgan fingerprint density at radius 3 is 2.45 bits per heavy atom. The van der Waals surface area contributed by atoms with Crippen molar-refractivity contribution < 1.29 is 19.0 Å². The Morgan fingerprint density at radius 2 is 1.74 bits per heavy atom. The molecule has 0 bridgehead atoms. The number of pyridine rings is 1. The number of benzene rings is 2. The summed E-state index contributed by atoms with van der Waals surface area (Å²) in [5.41, 5.74) is 5.83. The summed E-state index contributed by atoms with van der Waals surface area (Å²) < 4.78 is 15.9. The molecule has 4 rings (SSSR count). The van der Waals surface area contributed by atoms with Crippen LogP contribution in [0.25, 0.3) is 11.1 Å². The molecular formula is C25H26N2O4. The standard InChI is InChI=1S/C25H26N2O4/c1-29-16-17-4-6-18(7-5-17)25(28)27-11-10-22-21(15-27)12-20(14-26-22)19-8-9-23(30-2)24(13-19)31-3/h4-9,12-14H,10-11,15-16H2,1-3H3. The minimum Gasteiger partial charge on any atom is -0.493 e. The van der Waals surface area contributed by atoms with Gasteiger partial charge in [0.1, 0.15) is 0 Å². The number of hydrogen-bond acceptors (Lipinski definition) is 5. The van der Waals surface area contributed by atoms with Crippen LogP contribution in [-0.2, 0) is 24.3 Å². The van der Waals surface area contributed by atoms with Gasteiger partial charge < -0.3 is 19.1 Å². The minimum absolute atomic E-state index is 0.0335. The van der Waals surface area contributed by atoms with E-state index in [9.17, 15) is 4.79 Å². The van der Waals surface area contributed by atoms with Crippen LogP contribution in [0.4, 0.5) is 0 Å². The molecule has 160 valence electrons. The van der Waals surface area contributed by atoms with Crippen LogP contribution in [0.15, 0.2) is 54.7 Å². The van der Waals surface area contributed by atoms with Gasteiger partial charge in [-0.2, -0.15) is 0 Å². The second-order valence-electron chi connectivity index (χ2n) is 7.51. The molecule has 0 saturated carbocycles. The Balaban J connectivity index is 1.55. The molecule has 1 amide bonds. The van der Waals surface area contributed by atoms with Gasteiger partial charge in [0.25, 0.3) is 5.91 Å². The first-order chi connectivity index (χ1) is 15.1. The first-order valence-corrected chi connectivity index (χ1v) is 10.2. The van der Waals surface area contributed by atoms with Crippen molar-refractivity contribution in [2.75, 3.05) is 27.9 Å².